The van der Waals surface area contributed by atoms with Crippen LogP contribution in [0.2, 0.25) is 0 Å². The van der Waals surface area contributed by atoms with Crippen LogP contribution in [0.15, 0.2) is 18.2 Å². The van der Waals surface area contributed by atoms with Crippen molar-refractivity contribution in [1.29, 1.82) is 0 Å². The number of ether oxygens (including phenoxy) is 1. The van der Waals surface area contributed by atoms with Crippen LogP contribution in [0, 0.1) is 18.7 Å². The smallest absolute Gasteiger partial charge is 0.123 e. The Kier molecular flexibility index (Phi) is 4.72. The largest absolute Gasteiger partial charge is 0.381 e. The van der Waals surface area contributed by atoms with Gasteiger partial charge >= 0.3 is 0 Å². The molecule has 1 unspecified atom stereocenters. The molecule has 0 saturated carbocycles. The first-order valence-corrected chi connectivity index (χ1v) is 6.79. The Balaban J connectivity index is 2.22. The number of benzene rings is 1. The Morgan fingerprint density at radius 3 is 2.72 bits per heavy atom. The molecular weight excluding hydrogens is 229 g/mol. The Labute approximate surface area is 109 Å². The minimum atomic E-state index is -0.154. The van der Waals surface area contributed by atoms with Crippen molar-refractivity contribution in [3.63, 3.8) is 0 Å². The van der Waals surface area contributed by atoms with Crippen LogP contribution in [-0.4, -0.2) is 19.8 Å². The van der Waals surface area contributed by atoms with Crippen LogP contribution in [-0.2, 0) is 4.74 Å². The summed E-state index contributed by atoms with van der Waals surface area (Å²) in [5.74, 6) is 0.432. The molecule has 3 heteroatoms. The normalized spacial score (nSPS) is 18.8. The fourth-order valence-electron chi connectivity index (χ4n) is 2.79. The first-order valence-electron chi connectivity index (χ1n) is 6.79. The van der Waals surface area contributed by atoms with Crippen molar-refractivity contribution in [2.75, 3.05) is 19.8 Å². The summed E-state index contributed by atoms with van der Waals surface area (Å²) in [4.78, 5) is 0. The molecule has 0 aliphatic carbocycles. The minimum Gasteiger partial charge on any atom is -0.381 e. The highest BCUT2D eigenvalue weighted by molar-refractivity contribution is 5.30. The molecule has 0 spiro atoms. The number of hydrogen-bond donors (Lipinski definition) is 1. The molecule has 1 N–H and O–H groups in total. The third kappa shape index (κ3) is 3.09. The number of hydrogen-bond acceptors (Lipinski definition) is 2. The quantitative estimate of drug-likeness (QED) is 0.887. The first-order chi connectivity index (χ1) is 8.72. The van der Waals surface area contributed by atoms with Gasteiger partial charge in [0.25, 0.3) is 0 Å². The van der Waals surface area contributed by atoms with Crippen LogP contribution in [0.4, 0.5) is 4.39 Å². The second-order valence-corrected chi connectivity index (χ2v) is 4.99. The van der Waals surface area contributed by atoms with Crippen LogP contribution < -0.4 is 5.32 Å². The molecule has 0 radical (unpaired) electrons. The van der Waals surface area contributed by atoms with Gasteiger partial charge in [-0.3, -0.25) is 0 Å². The van der Waals surface area contributed by atoms with Gasteiger partial charge in [-0.25, -0.2) is 4.39 Å². The van der Waals surface area contributed by atoms with Gasteiger partial charge < -0.3 is 10.1 Å². The predicted molar refractivity (Wildman–Crippen MR) is 71.1 cm³/mol. The molecule has 18 heavy (non-hydrogen) atoms. The van der Waals surface area contributed by atoms with E-state index in [0.717, 1.165) is 38.2 Å². The lowest BCUT2D eigenvalue weighted by Crippen LogP contribution is -2.32. The lowest BCUT2D eigenvalue weighted by molar-refractivity contribution is 0.0537. The van der Waals surface area contributed by atoms with E-state index in [0.29, 0.717) is 12.0 Å². The summed E-state index contributed by atoms with van der Waals surface area (Å²) < 4.78 is 18.6. The second-order valence-electron chi connectivity index (χ2n) is 4.99. The molecule has 1 aliphatic rings. The molecule has 2 rings (SSSR count). The first kappa shape index (κ1) is 13.5. The highest BCUT2D eigenvalue weighted by atomic mass is 19.1. The molecule has 1 aromatic rings. The van der Waals surface area contributed by atoms with E-state index in [1.807, 2.05) is 13.0 Å². The monoisotopic (exact) mass is 251 g/mol. The van der Waals surface area contributed by atoms with Gasteiger partial charge in [0.05, 0.1) is 0 Å². The van der Waals surface area contributed by atoms with Crippen molar-refractivity contribution in [3.05, 3.63) is 35.1 Å². The number of rotatable bonds is 4. The molecule has 1 aliphatic heterocycles. The summed E-state index contributed by atoms with van der Waals surface area (Å²) in [6, 6.07) is 5.43. The van der Waals surface area contributed by atoms with E-state index in [2.05, 4.69) is 12.2 Å². The van der Waals surface area contributed by atoms with Crippen LogP contribution in [0.25, 0.3) is 0 Å². The molecule has 1 aromatic carbocycles. The van der Waals surface area contributed by atoms with E-state index >= 15 is 0 Å². The zero-order valence-electron chi connectivity index (χ0n) is 11.2. The minimum absolute atomic E-state index is 0.154. The van der Waals surface area contributed by atoms with Gasteiger partial charge in [0.2, 0.25) is 0 Å². The maximum absolute atomic E-state index is 13.2. The summed E-state index contributed by atoms with van der Waals surface area (Å²) in [5.41, 5.74) is 2.26. The lowest BCUT2D eigenvalue weighted by Gasteiger charge is -2.32. The summed E-state index contributed by atoms with van der Waals surface area (Å²) in [6.07, 6.45) is 2.16. The summed E-state index contributed by atoms with van der Waals surface area (Å²) >= 11 is 0. The van der Waals surface area contributed by atoms with Crippen LogP contribution in [0.3, 0.4) is 0 Å². The zero-order valence-corrected chi connectivity index (χ0v) is 11.2. The van der Waals surface area contributed by atoms with Crippen LogP contribution in [0.5, 0.6) is 0 Å². The van der Waals surface area contributed by atoms with E-state index < -0.39 is 0 Å². The van der Waals surface area contributed by atoms with Gasteiger partial charge in [-0.05, 0) is 55.5 Å². The van der Waals surface area contributed by atoms with Gasteiger partial charge in [0.15, 0.2) is 0 Å². The second kappa shape index (κ2) is 6.30. The molecule has 0 bridgehead atoms. The molecule has 0 aromatic heterocycles. The van der Waals surface area contributed by atoms with Crippen molar-refractivity contribution in [2.45, 2.75) is 32.7 Å². The maximum Gasteiger partial charge on any atom is 0.123 e. The molecule has 1 fully saturated rings. The number of nitrogens with one attached hydrogen (secondary N) is 1. The Hall–Kier alpha value is -0.930. The van der Waals surface area contributed by atoms with E-state index in [-0.39, 0.29) is 5.82 Å². The fourth-order valence-corrected chi connectivity index (χ4v) is 2.79. The molecule has 1 atom stereocenters. The number of halogens is 1. The third-order valence-corrected chi connectivity index (χ3v) is 3.73. The van der Waals surface area contributed by atoms with E-state index in [1.54, 1.807) is 12.1 Å². The van der Waals surface area contributed by atoms with Gasteiger partial charge in [0, 0.05) is 19.3 Å². The Morgan fingerprint density at radius 1 is 1.39 bits per heavy atom. The molecule has 1 heterocycles. The van der Waals surface area contributed by atoms with Gasteiger partial charge in [0.1, 0.15) is 5.82 Å². The van der Waals surface area contributed by atoms with Crippen molar-refractivity contribution in [1.82, 2.24) is 5.32 Å². The zero-order chi connectivity index (χ0) is 13.0. The Bertz CT molecular complexity index is 388. The highest BCUT2D eigenvalue weighted by Gasteiger charge is 2.25. The fraction of sp³-hybridized carbons (Fsp3) is 0.600. The van der Waals surface area contributed by atoms with Crippen molar-refractivity contribution < 1.29 is 9.13 Å². The highest BCUT2D eigenvalue weighted by Crippen LogP contribution is 2.31. The maximum atomic E-state index is 13.2. The summed E-state index contributed by atoms with van der Waals surface area (Å²) in [6.45, 7) is 6.71. The Morgan fingerprint density at radius 2 is 2.11 bits per heavy atom. The van der Waals surface area contributed by atoms with Crippen molar-refractivity contribution in [3.8, 4) is 0 Å². The molecule has 1 saturated heterocycles. The average Bonchev–Trinajstić information content (AvgIpc) is 2.38. The van der Waals surface area contributed by atoms with Crippen molar-refractivity contribution >= 4 is 0 Å². The predicted octanol–water partition coefficient (Wildman–Crippen LogP) is 3.21. The summed E-state index contributed by atoms with van der Waals surface area (Å²) in [5, 5.41) is 3.55. The standard InChI is InChI=1S/C15H22FNO/c1-3-17-15(12-6-8-18-9-7-12)14-5-4-13(16)10-11(14)2/h4-5,10,12,15,17H,3,6-9H2,1-2H3. The molecule has 0 amide bonds. The average molecular weight is 251 g/mol. The van der Waals surface area contributed by atoms with Crippen LogP contribution in [0.1, 0.15) is 36.9 Å². The topological polar surface area (TPSA) is 21.3 Å². The van der Waals surface area contributed by atoms with Gasteiger partial charge in [-0.15, -0.1) is 0 Å². The SMILES string of the molecule is CCNC(c1ccc(F)cc1C)C1CCOCC1. The van der Waals surface area contributed by atoms with E-state index in [9.17, 15) is 4.39 Å². The molecule has 100 valence electrons. The van der Waals surface area contributed by atoms with E-state index in [1.165, 1.54) is 5.56 Å². The number of aryl methyl sites for hydroxylation is 1. The lowest BCUT2D eigenvalue weighted by atomic mass is 9.85. The summed E-state index contributed by atoms with van der Waals surface area (Å²) in [7, 11) is 0. The van der Waals surface area contributed by atoms with E-state index in [4.69, 9.17) is 4.74 Å². The molecular formula is C15H22FNO. The van der Waals surface area contributed by atoms with Crippen LogP contribution >= 0.6 is 0 Å². The third-order valence-electron chi connectivity index (χ3n) is 3.73. The molecule has 2 nitrogen and oxygen atoms in total. The van der Waals surface area contributed by atoms with Gasteiger partial charge in [-0.1, -0.05) is 13.0 Å². The van der Waals surface area contributed by atoms with Gasteiger partial charge in [-0.2, -0.15) is 0 Å². The van der Waals surface area contributed by atoms with Crippen molar-refractivity contribution in [2.24, 2.45) is 5.92 Å².